The maximum atomic E-state index is 3.26. The standard InChI is InChI=1S/C11H26N2S/c1-5-13(6-2)8-10-14-9-7-11(3)12-4/h11-12H,5-10H2,1-4H3. The third-order valence-electron chi connectivity index (χ3n) is 2.63. The van der Waals surface area contributed by atoms with Gasteiger partial charge in [0.15, 0.2) is 0 Å². The van der Waals surface area contributed by atoms with Crippen LogP contribution >= 0.6 is 11.8 Å². The van der Waals surface area contributed by atoms with Crippen LogP contribution in [0.3, 0.4) is 0 Å². The lowest BCUT2D eigenvalue weighted by molar-refractivity contribution is 0.324. The van der Waals surface area contributed by atoms with E-state index in [-0.39, 0.29) is 0 Å². The fraction of sp³-hybridized carbons (Fsp3) is 1.00. The Balaban J connectivity index is 3.20. The van der Waals surface area contributed by atoms with E-state index in [1.165, 1.54) is 37.6 Å². The maximum Gasteiger partial charge on any atom is 0.00721 e. The highest BCUT2D eigenvalue weighted by Crippen LogP contribution is 2.05. The van der Waals surface area contributed by atoms with E-state index >= 15 is 0 Å². The van der Waals surface area contributed by atoms with Crippen molar-refractivity contribution in [1.29, 1.82) is 0 Å². The Labute approximate surface area is 93.8 Å². The van der Waals surface area contributed by atoms with Crippen molar-refractivity contribution in [1.82, 2.24) is 10.2 Å². The minimum absolute atomic E-state index is 0.663. The minimum atomic E-state index is 0.663. The van der Waals surface area contributed by atoms with Crippen molar-refractivity contribution in [2.45, 2.75) is 33.2 Å². The minimum Gasteiger partial charge on any atom is -0.317 e. The highest BCUT2D eigenvalue weighted by Gasteiger charge is 2.00. The first-order valence-corrected chi connectivity index (χ1v) is 6.87. The van der Waals surface area contributed by atoms with Crippen LogP contribution in [0.25, 0.3) is 0 Å². The normalized spacial score (nSPS) is 13.5. The number of thioether (sulfide) groups is 1. The highest BCUT2D eigenvalue weighted by molar-refractivity contribution is 7.99. The first-order chi connectivity index (χ1) is 6.74. The van der Waals surface area contributed by atoms with Crippen LogP contribution in [-0.2, 0) is 0 Å². The zero-order valence-corrected chi connectivity index (χ0v) is 11.0. The summed E-state index contributed by atoms with van der Waals surface area (Å²) in [5.74, 6) is 2.56. The lowest BCUT2D eigenvalue weighted by Crippen LogP contribution is -2.26. The van der Waals surface area contributed by atoms with Crippen LogP contribution in [0.15, 0.2) is 0 Å². The third kappa shape index (κ3) is 7.65. The van der Waals surface area contributed by atoms with E-state index in [4.69, 9.17) is 0 Å². The molecule has 0 amide bonds. The van der Waals surface area contributed by atoms with Gasteiger partial charge in [0.05, 0.1) is 0 Å². The van der Waals surface area contributed by atoms with Crippen molar-refractivity contribution in [2.24, 2.45) is 0 Å². The summed E-state index contributed by atoms with van der Waals surface area (Å²) < 4.78 is 0. The van der Waals surface area contributed by atoms with Crippen molar-refractivity contribution in [3.05, 3.63) is 0 Å². The number of nitrogens with zero attached hydrogens (tertiary/aromatic N) is 1. The van der Waals surface area contributed by atoms with Crippen LogP contribution < -0.4 is 5.32 Å². The highest BCUT2D eigenvalue weighted by atomic mass is 32.2. The predicted octanol–water partition coefficient (Wildman–Crippen LogP) is 2.06. The van der Waals surface area contributed by atoms with Crippen LogP contribution in [0, 0.1) is 0 Å². The van der Waals surface area contributed by atoms with E-state index in [9.17, 15) is 0 Å². The zero-order chi connectivity index (χ0) is 10.8. The number of nitrogens with one attached hydrogen (secondary N) is 1. The monoisotopic (exact) mass is 218 g/mol. The summed E-state index contributed by atoms with van der Waals surface area (Å²) in [4.78, 5) is 2.48. The van der Waals surface area contributed by atoms with Gasteiger partial charge in [0, 0.05) is 18.3 Å². The van der Waals surface area contributed by atoms with Crippen LogP contribution in [-0.4, -0.2) is 49.1 Å². The molecule has 0 saturated carbocycles. The number of rotatable bonds is 9. The smallest absolute Gasteiger partial charge is 0.00721 e. The van der Waals surface area contributed by atoms with Crippen molar-refractivity contribution in [3.63, 3.8) is 0 Å². The van der Waals surface area contributed by atoms with Gasteiger partial charge in [-0.3, -0.25) is 0 Å². The molecule has 1 atom stereocenters. The van der Waals surface area contributed by atoms with Gasteiger partial charge in [-0.25, -0.2) is 0 Å². The molecule has 0 aliphatic heterocycles. The molecule has 0 fully saturated rings. The van der Waals surface area contributed by atoms with Gasteiger partial charge in [0.25, 0.3) is 0 Å². The molecule has 1 N–H and O–H groups in total. The summed E-state index contributed by atoms with van der Waals surface area (Å²) >= 11 is 2.07. The molecule has 14 heavy (non-hydrogen) atoms. The second-order valence-corrected chi connectivity index (χ2v) is 4.84. The van der Waals surface area contributed by atoms with Crippen molar-refractivity contribution >= 4 is 11.8 Å². The van der Waals surface area contributed by atoms with E-state index < -0.39 is 0 Å². The molecule has 2 nitrogen and oxygen atoms in total. The summed E-state index contributed by atoms with van der Waals surface area (Å²) in [6.45, 7) is 10.3. The molecule has 3 heteroatoms. The van der Waals surface area contributed by atoms with Gasteiger partial charge in [-0.1, -0.05) is 13.8 Å². The van der Waals surface area contributed by atoms with Crippen molar-refractivity contribution in [3.8, 4) is 0 Å². The lowest BCUT2D eigenvalue weighted by atomic mass is 10.3. The first-order valence-electron chi connectivity index (χ1n) is 5.71. The van der Waals surface area contributed by atoms with Crippen molar-refractivity contribution < 1.29 is 0 Å². The van der Waals surface area contributed by atoms with Gasteiger partial charge < -0.3 is 10.2 Å². The van der Waals surface area contributed by atoms with Gasteiger partial charge in [0.2, 0.25) is 0 Å². The van der Waals surface area contributed by atoms with Crippen LogP contribution in [0.5, 0.6) is 0 Å². The Morgan fingerprint density at radius 1 is 1.21 bits per heavy atom. The molecule has 0 aliphatic rings. The molecule has 0 bridgehead atoms. The van der Waals surface area contributed by atoms with Gasteiger partial charge in [-0.15, -0.1) is 0 Å². The molecule has 0 aromatic heterocycles. The SMILES string of the molecule is CCN(CC)CCSCCC(C)NC. The van der Waals surface area contributed by atoms with Crippen LogP contribution in [0.4, 0.5) is 0 Å². The summed E-state index contributed by atoms with van der Waals surface area (Å²) in [6.07, 6.45) is 1.28. The lowest BCUT2D eigenvalue weighted by Gasteiger charge is -2.17. The Morgan fingerprint density at radius 2 is 1.86 bits per heavy atom. The predicted molar refractivity (Wildman–Crippen MR) is 68.3 cm³/mol. The van der Waals surface area contributed by atoms with E-state index in [0.29, 0.717) is 6.04 Å². The number of hydrogen-bond acceptors (Lipinski definition) is 3. The van der Waals surface area contributed by atoms with E-state index in [2.05, 4.69) is 42.7 Å². The molecule has 0 rings (SSSR count). The van der Waals surface area contributed by atoms with Gasteiger partial charge in [-0.05, 0) is 39.2 Å². The Kier molecular flexibility index (Phi) is 10.0. The van der Waals surface area contributed by atoms with Gasteiger partial charge in [0.1, 0.15) is 0 Å². The van der Waals surface area contributed by atoms with Gasteiger partial charge >= 0.3 is 0 Å². The summed E-state index contributed by atoms with van der Waals surface area (Å²) in [5.41, 5.74) is 0. The Morgan fingerprint density at radius 3 is 2.36 bits per heavy atom. The van der Waals surface area contributed by atoms with Crippen LogP contribution in [0.1, 0.15) is 27.2 Å². The molecule has 0 radical (unpaired) electrons. The van der Waals surface area contributed by atoms with Gasteiger partial charge in [-0.2, -0.15) is 11.8 Å². The Hall–Kier alpha value is 0.270. The molecule has 0 aromatic rings. The zero-order valence-electron chi connectivity index (χ0n) is 10.2. The van der Waals surface area contributed by atoms with E-state index in [0.717, 1.165) is 0 Å². The average Bonchev–Trinajstić information content (AvgIpc) is 2.23. The maximum absolute atomic E-state index is 3.26. The second kappa shape index (κ2) is 9.81. The quantitative estimate of drug-likeness (QED) is 0.596. The summed E-state index contributed by atoms with van der Waals surface area (Å²) in [7, 11) is 2.03. The summed E-state index contributed by atoms with van der Waals surface area (Å²) in [6, 6.07) is 0.663. The largest absolute Gasteiger partial charge is 0.317 e. The average molecular weight is 218 g/mol. The number of hydrogen-bond donors (Lipinski definition) is 1. The molecule has 0 aliphatic carbocycles. The molecular formula is C11H26N2S. The van der Waals surface area contributed by atoms with Crippen LogP contribution in [0.2, 0.25) is 0 Å². The molecule has 0 heterocycles. The Bertz CT molecular complexity index is 116. The molecule has 0 saturated heterocycles. The molecule has 86 valence electrons. The van der Waals surface area contributed by atoms with E-state index in [1.807, 2.05) is 7.05 Å². The third-order valence-corrected chi connectivity index (χ3v) is 3.63. The summed E-state index contributed by atoms with van der Waals surface area (Å²) in [5, 5.41) is 3.26. The fourth-order valence-corrected chi connectivity index (χ4v) is 2.35. The van der Waals surface area contributed by atoms with Crippen molar-refractivity contribution in [2.75, 3.05) is 38.2 Å². The fourth-order valence-electron chi connectivity index (χ4n) is 1.24. The molecule has 0 aromatic carbocycles. The molecule has 1 unspecified atom stereocenters. The first kappa shape index (κ1) is 14.3. The topological polar surface area (TPSA) is 15.3 Å². The molecule has 0 spiro atoms. The second-order valence-electron chi connectivity index (χ2n) is 3.62. The molecular weight excluding hydrogens is 192 g/mol. The van der Waals surface area contributed by atoms with E-state index in [1.54, 1.807) is 0 Å².